The van der Waals surface area contributed by atoms with Crippen molar-refractivity contribution < 1.29 is 27.0 Å². The van der Waals surface area contributed by atoms with E-state index in [9.17, 15) is 17.4 Å². The van der Waals surface area contributed by atoms with E-state index >= 15 is 0 Å². The van der Waals surface area contributed by atoms with Crippen molar-refractivity contribution in [3.63, 3.8) is 0 Å². The Balaban J connectivity index is 1.70. The Morgan fingerprint density at radius 3 is 2.69 bits per heavy atom. The quantitative estimate of drug-likeness (QED) is 0.551. The van der Waals surface area contributed by atoms with Gasteiger partial charge in [-0.2, -0.15) is 4.39 Å². The molecule has 154 valence electrons. The minimum absolute atomic E-state index is 0.0548. The van der Waals surface area contributed by atoms with Gasteiger partial charge in [0.25, 0.3) is 0 Å². The molecule has 2 aliphatic rings. The highest BCUT2D eigenvalue weighted by atomic mass is 32.2. The Hall–Kier alpha value is -2.68. The first-order valence-corrected chi connectivity index (χ1v) is 10.2. The molecular formula is C20H19F3N2O3S. The second-order valence-corrected chi connectivity index (χ2v) is 8.71. The van der Waals surface area contributed by atoms with Crippen LogP contribution in [0.25, 0.3) is 0 Å². The Kier molecular flexibility index (Phi) is 5.16. The van der Waals surface area contributed by atoms with E-state index in [1.54, 1.807) is 19.1 Å². The van der Waals surface area contributed by atoms with Gasteiger partial charge in [-0.25, -0.2) is 18.5 Å². The fraction of sp³-hybridized carbons (Fsp3) is 0.300. The van der Waals surface area contributed by atoms with Crippen molar-refractivity contribution in [2.75, 3.05) is 16.8 Å². The van der Waals surface area contributed by atoms with E-state index in [2.05, 4.69) is 10.2 Å². The van der Waals surface area contributed by atoms with Crippen LogP contribution in [0.2, 0.25) is 0 Å². The summed E-state index contributed by atoms with van der Waals surface area (Å²) in [5.74, 6) is -3.78. The lowest BCUT2D eigenvalue weighted by molar-refractivity contribution is 0.340. The van der Waals surface area contributed by atoms with Crippen LogP contribution in [-0.4, -0.2) is 15.6 Å². The van der Waals surface area contributed by atoms with Crippen LogP contribution in [0.1, 0.15) is 24.8 Å². The number of ether oxygens (including phenoxy) is 1. The van der Waals surface area contributed by atoms with Gasteiger partial charge in [0.05, 0.1) is 4.75 Å². The van der Waals surface area contributed by atoms with Crippen LogP contribution in [0.15, 0.2) is 36.4 Å². The van der Waals surface area contributed by atoms with Crippen LogP contribution in [0.5, 0.6) is 11.5 Å². The molecule has 29 heavy (non-hydrogen) atoms. The van der Waals surface area contributed by atoms with Crippen molar-refractivity contribution in [1.29, 1.82) is 0 Å². The van der Waals surface area contributed by atoms with Gasteiger partial charge in [-0.1, -0.05) is 18.2 Å². The molecule has 1 saturated carbocycles. The molecule has 4 rings (SSSR count). The Labute approximate surface area is 168 Å². The second kappa shape index (κ2) is 7.62. The maximum Gasteiger partial charge on any atom is 0.221 e. The van der Waals surface area contributed by atoms with Crippen molar-refractivity contribution >= 4 is 22.4 Å². The zero-order chi connectivity index (χ0) is 20.6. The third-order valence-corrected chi connectivity index (χ3v) is 6.67. The maximum absolute atomic E-state index is 14.6. The monoisotopic (exact) mass is 424 g/mol. The lowest BCUT2D eigenvalue weighted by Gasteiger charge is -2.21. The van der Waals surface area contributed by atoms with E-state index in [4.69, 9.17) is 9.57 Å². The van der Waals surface area contributed by atoms with Crippen LogP contribution in [0, 0.1) is 24.4 Å². The van der Waals surface area contributed by atoms with E-state index in [1.807, 2.05) is 6.08 Å². The molecular weight excluding hydrogens is 405 g/mol. The van der Waals surface area contributed by atoms with Gasteiger partial charge in [-0.05, 0) is 43.9 Å². The lowest BCUT2D eigenvalue weighted by atomic mass is 10.2. The molecule has 0 aromatic heterocycles. The fourth-order valence-electron chi connectivity index (χ4n) is 3.01. The van der Waals surface area contributed by atoms with Gasteiger partial charge in [-0.15, -0.1) is 0 Å². The second-order valence-electron chi connectivity index (χ2n) is 7.10. The standard InChI is InChI=1S/C20H19F3N2O3S/c1-12-4-5-15(13(21)10-12)24-28-19-17(23)14(22)11-16-18(19)25-29(26)20(7-8-20)6-2-3-9-27-16/h2-5,10-11,24-25H,6-9H2,1H3/b3-2-. The smallest absolute Gasteiger partial charge is 0.221 e. The number of aryl methyl sites for hydroxylation is 1. The molecule has 0 saturated heterocycles. The summed E-state index contributed by atoms with van der Waals surface area (Å²) in [5, 5.41) is 0. The van der Waals surface area contributed by atoms with E-state index in [0.717, 1.165) is 18.9 Å². The van der Waals surface area contributed by atoms with Crippen molar-refractivity contribution in [2.24, 2.45) is 0 Å². The first-order chi connectivity index (χ1) is 13.9. The summed E-state index contributed by atoms with van der Waals surface area (Å²) in [6.07, 6.45) is 5.70. The number of hydrogen-bond acceptors (Lipinski definition) is 4. The molecule has 1 aliphatic heterocycles. The van der Waals surface area contributed by atoms with Crippen molar-refractivity contribution in [3.05, 3.63) is 59.4 Å². The van der Waals surface area contributed by atoms with Crippen molar-refractivity contribution in [2.45, 2.75) is 30.9 Å². The molecule has 2 aromatic carbocycles. The topological polar surface area (TPSA) is 59.6 Å². The first kappa shape index (κ1) is 19.6. The highest BCUT2D eigenvalue weighted by Crippen LogP contribution is 2.48. The van der Waals surface area contributed by atoms with E-state index in [1.165, 1.54) is 12.1 Å². The third-order valence-electron chi connectivity index (χ3n) is 4.92. The highest BCUT2D eigenvalue weighted by Gasteiger charge is 2.48. The lowest BCUT2D eigenvalue weighted by Crippen LogP contribution is -2.24. The zero-order valence-corrected chi connectivity index (χ0v) is 16.4. The number of allylic oxidation sites excluding steroid dienone is 1. The average Bonchev–Trinajstić information content (AvgIpc) is 3.46. The van der Waals surface area contributed by atoms with Gasteiger partial charge in [0.15, 0.2) is 11.6 Å². The number of anilines is 2. The zero-order valence-electron chi connectivity index (χ0n) is 15.6. The van der Waals surface area contributed by atoms with Crippen LogP contribution in [-0.2, 0) is 11.0 Å². The van der Waals surface area contributed by atoms with Gasteiger partial charge in [0.1, 0.15) is 34.8 Å². The van der Waals surface area contributed by atoms with Crippen LogP contribution in [0.4, 0.5) is 24.5 Å². The molecule has 1 atom stereocenters. The molecule has 1 heterocycles. The average molecular weight is 424 g/mol. The third kappa shape index (κ3) is 3.91. The number of halogens is 3. The van der Waals surface area contributed by atoms with Gasteiger partial charge in [-0.3, -0.25) is 4.72 Å². The van der Waals surface area contributed by atoms with E-state index in [0.29, 0.717) is 12.0 Å². The molecule has 0 amide bonds. The number of nitrogens with one attached hydrogen (secondary N) is 2. The molecule has 0 bridgehead atoms. The predicted molar refractivity (Wildman–Crippen MR) is 105 cm³/mol. The minimum Gasteiger partial charge on any atom is -0.487 e. The van der Waals surface area contributed by atoms with Gasteiger partial charge in [0.2, 0.25) is 11.6 Å². The van der Waals surface area contributed by atoms with Gasteiger partial charge < -0.3 is 9.57 Å². The Morgan fingerprint density at radius 1 is 1.17 bits per heavy atom. The molecule has 1 fully saturated rings. The molecule has 0 radical (unpaired) electrons. The molecule has 9 heteroatoms. The Bertz CT molecular complexity index is 1010. The van der Waals surface area contributed by atoms with E-state index < -0.39 is 38.9 Å². The largest absolute Gasteiger partial charge is 0.487 e. The normalized spacial score (nSPS) is 20.8. The molecule has 5 nitrogen and oxygen atoms in total. The minimum atomic E-state index is -1.58. The number of fused-ring (bicyclic) bond motifs is 1. The van der Waals surface area contributed by atoms with Gasteiger partial charge >= 0.3 is 0 Å². The summed E-state index contributed by atoms with van der Waals surface area (Å²) >= 11 is 0. The fourth-order valence-corrected chi connectivity index (χ4v) is 4.32. The summed E-state index contributed by atoms with van der Waals surface area (Å²) < 4.78 is 63.4. The van der Waals surface area contributed by atoms with Crippen molar-refractivity contribution in [3.8, 4) is 11.5 Å². The summed E-state index contributed by atoms with van der Waals surface area (Å²) in [4.78, 5) is 5.23. The summed E-state index contributed by atoms with van der Waals surface area (Å²) in [5.41, 5.74) is 2.84. The number of rotatable bonds is 3. The highest BCUT2D eigenvalue weighted by molar-refractivity contribution is 7.88. The SMILES string of the molecule is Cc1ccc(NOc2c(F)c(F)cc3c2NS(=O)C2(C/C=C\CO3)CC2)c(F)c1. The molecule has 1 unspecified atom stereocenters. The summed E-state index contributed by atoms with van der Waals surface area (Å²) in [6, 6.07) is 5.18. The molecule has 1 spiro atoms. The van der Waals surface area contributed by atoms with Crippen molar-refractivity contribution in [1.82, 2.24) is 0 Å². The summed E-state index contributed by atoms with van der Waals surface area (Å²) in [6.45, 7) is 1.84. The van der Waals surface area contributed by atoms with Crippen LogP contribution in [0.3, 0.4) is 0 Å². The number of hydrogen-bond donors (Lipinski definition) is 2. The van der Waals surface area contributed by atoms with Gasteiger partial charge in [0, 0.05) is 6.07 Å². The molecule has 2 aromatic rings. The van der Waals surface area contributed by atoms with E-state index in [-0.39, 0.29) is 23.7 Å². The number of benzene rings is 2. The first-order valence-electron chi connectivity index (χ1n) is 9.07. The maximum atomic E-state index is 14.6. The molecule has 1 aliphatic carbocycles. The van der Waals surface area contributed by atoms with Crippen LogP contribution < -0.4 is 19.8 Å². The molecule has 2 N–H and O–H groups in total. The van der Waals surface area contributed by atoms with Crippen LogP contribution >= 0.6 is 0 Å². The predicted octanol–water partition coefficient (Wildman–Crippen LogP) is 4.77. The Morgan fingerprint density at radius 2 is 1.97 bits per heavy atom. The summed E-state index contributed by atoms with van der Waals surface area (Å²) in [7, 11) is -1.58.